The lowest BCUT2D eigenvalue weighted by molar-refractivity contribution is -0.134. The lowest BCUT2D eigenvalue weighted by atomic mass is 10.0. The number of ketones is 1. The number of Topliss-reactive ketones (excluding diaryl/α,β-unsaturated/α-hetero) is 1. The minimum Gasteiger partial charge on any atom is -0.452 e. The third-order valence-corrected chi connectivity index (χ3v) is 5.49. The van der Waals surface area contributed by atoms with Crippen LogP contribution in [0.15, 0.2) is 78.6 Å². The van der Waals surface area contributed by atoms with Crippen LogP contribution in [-0.4, -0.2) is 11.8 Å². The first-order chi connectivity index (χ1) is 14.9. The summed E-state index contributed by atoms with van der Waals surface area (Å²) in [6, 6.07) is 21.6. The van der Waals surface area contributed by atoms with Crippen molar-refractivity contribution in [2.75, 3.05) is 0 Å². The predicted molar refractivity (Wildman–Crippen MR) is 121 cm³/mol. The summed E-state index contributed by atoms with van der Waals surface area (Å²) in [4.78, 5) is 25.1. The summed E-state index contributed by atoms with van der Waals surface area (Å²) in [5.41, 5.74) is 3.18. The van der Waals surface area contributed by atoms with Gasteiger partial charge in [-0.1, -0.05) is 68.4 Å². The fraction of sp³-hybridized carbons (Fsp3) is 0.154. The highest BCUT2D eigenvalue weighted by atomic mass is 35.5. The van der Waals surface area contributed by atoms with Crippen molar-refractivity contribution in [2.24, 2.45) is 0 Å². The highest BCUT2D eigenvalue weighted by molar-refractivity contribution is 6.30. The number of carbonyl (C=O) groups is 2. The molecule has 3 aromatic rings. The molecule has 0 aromatic heterocycles. The van der Waals surface area contributed by atoms with Crippen molar-refractivity contribution in [3.8, 4) is 11.5 Å². The molecule has 0 aliphatic carbocycles. The first-order valence-electron chi connectivity index (χ1n) is 10.0. The molecule has 1 aliphatic rings. The normalized spacial score (nSPS) is 15.0. The molecule has 0 saturated carbocycles. The molecule has 0 N–H and O–H groups in total. The Kier molecular flexibility index (Phi) is 5.92. The van der Waals surface area contributed by atoms with E-state index in [4.69, 9.17) is 21.1 Å². The van der Waals surface area contributed by atoms with Crippen LogP contribution in [0.1, 0.15) is 52.2 Å². The summed E-state index contributed by atoms with van der Waals surface area (Å²) in [6.45, 7) is 4.26. The number of allylic oxidation sites excluding steroid dienone is 1. The Bertz CT molecular complexity index is 1150. The van der Waals surface area contributed by atoms with E-state index in [0.717, 1.165) is 5.56 Å². The molecule has 4 nitrogen and oxygen atoms in total. The second-order valence-electron chi connectivity index (χ2n) is 7.61. The zero-order valence-corrected chi connectivity index (χ0v) is 17.9. The number of esters is 1. The smallest absolute Gasteiger partial charge is 0.334 e. The van der Waals surface area contributed by atoms with Gasteiger partial charge in [0.05, 0.1) is 5.56 Å². The van der Waals surface area contributed by atoms with E-state index in [0.29, 0.717) is 22.8 Å². The number of hydrogen-bond donors (Lipinski definition) is 0. The van der Waals surface area contributed by atoms with Crippen molar-refractivity contribution in [2.45, 2.75) is 25.1 Å². The van der Waals surface area contributed by atoms with Gasteiger partial charge in [0.25, 0.3) is 0 Å². The largest absolute Gasteiger partial charge is 0.452 e. The number of hydrogen-bond acceptors (Lipinski definition) is 4. The fourth-order valence-corrected chi connectivity index (χ4v) is 3.48. The Balaban J connectivity index is 1.49. The van der Waals surface area contributed by atoms with Crippen LogP contribution >= 0.6 is 11.6 Å². The topological polar surface area (TPSA) is 52.6 Å². The molecule has 156 valence electrons. The third-order valence-electron chi connectivity index (χ3n) is 5.06. The van der Waals surface area contributed by atoms with E-state index in [1.165, 1.54) is 11.6 Å². The van der Waals surface area contributed by atoms with Crippen molar-refractivity contribution in [3.05, 3.63) is 101 Å². The second-order valence-corrected chi connectivity index (χ2v) is 8.05. The molecule has 4 rings (SSSR count). The van der Waals surface area contributed by atoms with Crippen LogP contribution in [0.5, 0.6) is 11.5 Å². The molecule has 5 heteroatoms. The molecular weight excluding hydrogens is 412 g/mol. The van der Waals surface area contributed by atoms with Gasteiger partial charge < -0.3 is 9.47 Å². The Morgan fingerprint density at radius 1 is 0.968 bits per heavy atom. The molecule has 3 aromatic carbocycles. The van der Waals surface area contributed by atoms with Gasteiger partial charge in [-0.25, -0.2) is 4.79 Å². The molecule has 1 atom stereocenters. The highest BCUT2D eigenvalue weighted by Crippen LogP contribution is 2.35. The summed E-state index contributed by atoms with van der Waals surface area (Å²) in [5.74, 6) is 0.478. The van der Waals surface area contributed by atoms with Crippen molar-refractivity contribution in [1.29, 1.82) is 0 Å². The Morgan fingerprint density at radius 3 is 2.35 bits per heavy atom. The number of fused-ring (bicyclic) bond motifs is 1. The zero-order chi connectivity index (χ0) is 22.0. The average Bonchev–Trinajstić information content (AvgIpc) is 3.08. The van der Waals surface area contributed by atoms with Crippen molar-refractivity contribution >= 4 is 29.4 Å². The second kappa shape index (κ2) is 8.78. The van der Waals surface area contributed by atoms with E-state index in [-0.39, 0.29) is 17.3 Å². The van der Waals surface area contributed by atoms with Crippen molar-refractivity contribution in [1.82, 2.24) is 0 Å². The van der Waals surface area contributed by atoms with Crippen LogP contribution in [0.4, 0.5) is 0 Å². The number of ether oxygens (including phenoxy) is 2. The van der Waals surface area contributed by atoms with Gasteiger partial charge in [0.15, 0.2) is 11.1 Å². The summed E-state index contributed by atoms with van der Waals surface area (Å²) < 4.78 is 11.2. The summed E-state index contributed by atoms with van der Waals surface area (Å²) in [5, 5.41) is -0.929. The van der Waals surface area contributed by atoms with E-state index in [9.17, 15) is 9.59 Å². The van der Waals surface area contributed by atoms with Crippen LogP contribution in [0.2, 0.25) is 0 Å². The summed E-state index contributed by atoms with van der Waals surface area (Å²) in [7, 11) is 0. The van der Waals surface area contributed by atoms with Crippen LogP contribution in [0.25, 0.3) is 6.08 Å². The molecule has 0 spiro atoms. The van der Waals surface area contributed by atoms with E-state index in [2.05, 4.69) is 13.8 Å². The maximum Gasteiger partial charge on any atom is 0.334 e. The van der Waals surface area contributed by atoms with E-state index >= 15 is 0 Å². The van der Waals surface area contributed by atoms with Crippen molar-refractivity contribution < 1.29 is 19.1 Å². The lowest BCUT2D eigenvalue weighted by Gasteiger charge is -2.10. The number of halogens is 1. The van der Waals surface area contributed by atoms with Gasteiger partial charge in [-0.3, -0.25) is 4.79 Å². The van der Waals surface area contributed by atoms with Gasteiger partial charge >= 0.3 is 5.97 Å². The van der Waals surface area contributed by atoms with E-state index in [1.54, 1.807) is 42.5 Å². The first kappa shape index (κ1) is 20.9. The standard InChI is InChI=1S/C26H21ClO4/c1-16(2)18-10-8-17(9-11-18)14-23-25(28)21-13-12-20(15-22(21)31-23)30-26(29)24(27)19-6-4-3-5-7-19/h3-16,24H,1-2H3/b23-14-. The Hall–Kier alpha value is -3.37. The van der Waals surface area contributed by atoms with Gasteiger partial charge in [-0.15, -0.1) is 11.6 Å². The van der Waals surface area contributed by atoms with Crippen LogP contribution in [0, 0.1) is 0 Å². The van der Waals surface area contributed by atoms with Gasteiger partial charge in [-0.05, 0) is 40.8 Å². The summed E-state index contributed by atoms with van der Waals surface area (Å²) >= 11 is 6.22. The lowest BCUT2D eigenvalue weighted by Crippen LogP contribution is -2.14. The SMILES string of the molecule is CC(C)c1ccc(/C=C2\Oc3cc(OC(=O)C(Cl)c4ccccc4)ccc3C2=O)cc1. The van der Waals surface area contributed by atoms with Gasteiger partial charge in [0.1, 0.15) is 11.5 Å². The Morgan fingerprint density at radius 2 is 1.68 bits per heavy atom. The Labute approximate surface area is 186 Å². The van der Waals surface area contributed by atoms with Gasteiger partial charge in [0, 0.05) is 6.07 Å². The van der Waals surface area contributed by atoms with Gasteiger partial charge in [-0.2, -0.15) is 0 Å². The molecule has 0 saturated heterocycles. The molecule has 0 radical (unpaired) electrons. The highest BCUT2D eigenvalue weighted by Gasteiger charge is 2.28. The van der Waals surface area contributed by atoms with Crippen LogP contribution in [-0.2, 0) is 4.79 Å². The average molecular weight is 433 g/mol. The molecule has 0 bridgehead atoms. The maximum atomic E-state index is 12.7. The van der Waals surface area contributed by atoms with Gasteiger partial charge in [0.2, 0.25) is 5.78 Å². The first-order valence-corrected chi connectivity index (χ1v) is 10.4. The number of benzene rings is 3. The molecular formula is C26H21ClO4. The molecule has 0 amide bonds. The minimum absolute atomic E-state index is 0.208. The number of alkyl halides is 1. The van der Waals surface area contributed by atoms with Crippen molar-refractivity contribution in [3.63, 3.8) is 0 Å². The molecule has 31 heavy (non-hydrogen) atoms. The predicted octanol–water partition coefficient (Wildman–Crippen LogP) is 6.31. The number of carbonyl (C=O) groups excluding carboxylic acids is 2. The van der Waals surface area contributed by atoms with Crippen LogP contribution in [0.3, 0.4) is 0 Å². The minimum atomic E-state index is -0.929. The molecule has 1 heterocycles. The fourth-order valence-electron chi connectivity index (χ4n) is 3.29. The maximum absolute atomic E-state index is 12.7. The van der Waals surface area contributed by atoms with Crippen LogP contribution < -0.4 is 9.47 Å². The molecule has 1 aliphatic heterocycles. The zero-order valence-electron chi connectivity index (χ0n) is 17.2. The van der Waals surface area contributed by atoms with E-state index in [1.807, 2.05) is 30.3 Å². The molecule has 1 unspecified atom stereocenters. The number of rotatable bonds is 5. The summed E-state index contributed by atoms with van der Waals surface area (Å²) in [6.07, 6.45) is 1.71. The molecule has 0 fully saturated rings. The monoisotopic (exact) mass is 432 g/mol. The quantitative estimate of drug-likeness (QED) is 0.205. The van der Waals surface area contributed by atoms with E-state index < -0.39 is 11.3 Å². The third kappa shape index (κ3) is 4.54.